The van der Waals surface area contributed by atoms with Gasteiger partial charge in [0.15, 0.2) is 0 Å². The van der Waals surface area contributed by atoms with Crippen LogP contribution in [0, 0.1) is 0 Å². The largest absolute Gasteiger partial charge is 0.374 e. The highest BCUT2D eigenvalue weighted by Gasteiger charge is 1.91. The molecular weight excluding hydrogens is 180 g/mol. The van der Waals surface area contributed by atoms with Crippen molar-refractivity contribution in [3.8, 4) is 0 Å². The number of hydrogen-bond acceptors (Lipinski definition) is 3. The predicted molar refractivity (Wildman–Crippen MR) is 53.9 cm³/mol. The van der Waals surface area contributed by atoms with Gasteiger partial charge in [0.2, 0.25) is 0 Å². The Morgan fingerprint density at radius 1 is 1.00 bits per heavy atom. The molecule has 0 aromatic heterocycles. The summed E-state index contributed by atoms with van der Waals surface area (Å²) in [5.41, 5.74) is 1.18. The second kappa shape index (κ2) is 7.50. The molecule has 0 saturated heterocycles. The maximum absolute atomic E-state index is 5.39. The van der Waals surface area contributed by atoms with Gasteiger partial charge in [0.1, 0.15) is 6.79 Å². The SMILES string of the molecule is COCOCCOCc1ccccc1. The van der Waals surface area contributed by atoms with E-state index in [1.54, 1.807) is 7.11 Å². The number of methoxy groups -OCH3 is 1. The fourth-order valence-electron chi connectivity index (χ4n) is 1.02. The van der Waals surface area contributed by atoms with Gasteiger partial charge in [-0.1, -0.05) is 30.3 Å². The van der Waals surface area contributed by atoms with Gasteiger partial charge in [0.25, 0.3) is 0 Å². The van der Waals surface area contributed by atoms with Gasteiger partial charge in [-0.2, -0.15) is 0 Å². The fraction of sp³-hybridized carbons (Fsp3) is 0.455. The molecule has 0 amide bonds. The Labute approximate surface area is 84.6 Å². The zero-order chi connectivity index (χ0) is 10.1. The molecule has 78 valence electrons. The molecule has 0 aliphatic carbocycles. The van der Waals surface area contributed by atoms with Crippen LogP contribution in [0.5, 0.6) is 0 Å². The van der Waals surface area contributed by atoms with E-state index in [2.05, 4.69) is 0 Å². The van der Waals surface area contributed by atoms with E-state index in [1.165, 1.54) is 5.56 Å². The lowest BCUT2D eigenvalue weighted by Gasteiger charge is -2.04. The summed E-state index contributed by atoms with van der Waals surface area (Å²) in [5.74, 6) is 0. The quantitative estimate of drug-likeness (QED) is 0.492. The second-order valence-electron chi connectivity index (χ2n) is 2.85. The molecule has 0 spiro atoms. The van der Waals surface area contributed by atoms with Gasteiger partial charge < -0.3 is 14.2 Å². The van der Waals surface area contributed by atoms with Crippen LogP contribution in [-0.4, -0.2) is 27.1 Å². The van der Waals surface area contributed by atoms with Gasteiger partial charge >= 0.3 is 0 Å². The molecule has 3 nitrogen and oxygen atoms in total. The normalized spacial score (nSPS) is 10.4. The molecule has 3 heteroatoms. The number of ether oxygens (including phenoxy) is 3. The predicted octanol–water partition coefficient (Wildman–Crippen LogP) is 1.82. The van der Waals surface area contributed by atoms with Crippen molar-refractivity contribution >= 4 is 0 Å². The lowest BCUT2D eigenvalue weighted by Crippen LogP contribution is -2.05. The van der Waals surface area contributed by atoms with Crippen LogP contribution in [0.3, 0.4) is 0 Å². The van der Waals surface area contributed by atoms with Gasteiger partial charge in [-0.25, -0.2) is 0 Å². The Hall–Kier alpha value is -0.900. The van der Waals surface area contributed by atoms with Crippen LogP contribution in [0.1, 0.15) is 5.56 Å². The highest BCUT2D eigenvalue weighted by Crippen LogP contribution is 1.99. The summed E-state index contributed by atoms with van der Waals surface area (Å²) < 4.78 is 15.2. The summed E-state index contributed by atoms with van der Waals surface area (Å²) in [4.78, 5) is 0. The molecular formula is C11H16O3. The Bertz CT molecular complexity index is 223. The van der Waals surface area contributed by atoms with Crippen molar-refractivity contribution in [2.75, 3.05) is 27.1 Å². The molecule has 0 aliphatic rings. The summed E-state index contributed by atoms with van der Waals surface area (Å²) in [6.07, 6.45) is 0. The first-order chi connectivity index (χ1) is 6.93. The van der Waals surface area contributed by atoms with E-state index in [9.17, 15) is 0 Å². The average molecular weight is 196 g/mol. The Kier molecular flexibility index (Phi) is 5.99. The summed E-state index contributed by atoms with van der Waals surface area (Å²) >= 11 is 0. The Balaban J connectivity index is 1.99. The molecule has 0 radical (unpaired) electrons. The van der Waals surface area contributed by atoms with Crippen LogP contribution in [0.2, 0.25) is 0 Å². The maximum Gasteiger partial charge on any atom is 0.146 e. The fourth-order valence-corrected chi connectivity index (χ4v) is 1.02. The lowest BCUT2D eigenvalue weighted by molar-refractivity contribution is -0.0526. The molecule has 0 saturated carbocycles. The van der Waals surface area contributed by atoms with Gasteiger partial charge in [-0.05, 0) is 5.56 Å². The molecule has 14 heavy (non-hydrogen) atoms. The third-order valence-electron chi connectivity index (χ3n) is 1.68. The van der Waals surface area contributed by atoms with E-state index in [4.69, 9.17) is 14.2 Å². The monoisotopic (exact) mass is 196 g/mol. The van der Waals surface area contributed by atoms with Crippen LogP contribution in [0.15, 0.2) is 30.3 Å². The van der Waals surface area contributed by atoms with Crippen LogP contribution < -0.4 is 0 Å². The molecule has 0 bridgehead atoms. The van der Waals surface area contributed by atoms with Crippen molar-refractivity contribution in [2.24, 2.45) is 0 Å². The van der Waals surface area contributed by atoms with Gasteiger partial charge in [0.05, 0.1) is 19.8 Å². The van der Waals surface area contributed by atoms with Crippen molar-refractivity contribution in [1.82, 2.24) is 0 Å². The summed E-state index contributed by atoms with van der Waals surface area (Å²) in [6, 6.07) is 10.1. The molecule has 0 atom stereocenters. The van der Waals surface area contributed by atoms with E-state index in [0.717, 1.165) is 0 Å². The first kappa shape index (κ1) is 11.2. The van der Waals surface area contributed by atoms with Gasteiger partial charge in [-0.15, -0.1) is 0 Å². The van der Waals surface area contributed by atoms with Gasteiger partial charge in [0, 0.05) is 7.11 Å². The van der Waals surface area contributed by atoms with Crippen LogP contribution in [-0.2, 0) is 20.8 Å². The smallest absolute Gasteiger partial charge is 0.146 e. The van der Waals surface area contributed by atoms with Crippen molar-refractivity contribution < 1.29 is 14.2 Å². The minimum absolute atomic E-state index is 0.328. The van der Waals surface area contributed by atoms with Crippen LogP contribution in [0.4, 0.5) is 0 Å². The number of rotatable bonds is 7. The molecule has 1 aromatic carbocycles. The molecule has 0 heterocycles. The van der Waals surface area contributed by atoms with Crippen molar-refractivity contribution in [3.63, 3.8) is 0 Å². The number of benzene rings is 1. The topological polar surface area (TPSA) is 27.7 Å². The van der Waals surface area contributed by atoms with Crippen molar-refractivity contribution in [2.45, 2.75) is 6.61 Å². The van der Waals surface area contributed by atoms with Crippen molar-refractivity contribution in [1.29, 1.82) is 0 Å². The summed E-state index contributed by atoms with van der Waals surface area (Å²) in [5, 5.41) is 0. The molecule has 0 aliphatic heterocycles. The molecule has 0 fully saturated rings. The van der Waals surface area contributed by atoms with Gasteiger partial charge in [-0.3, -0.25) is 0 Å². The van der Waals surface area contributed by atoms with E-state index >= 15 is 0 Å². The first-order valence-electron chi connectivity index (χ1n) is 4.62. The van der Waals surface area contributed by atoms with Crippen molar-refractivity contribution in [3.05, 3.63) is 35.9 Å². The van der Waals surface area contributed by atoms with Crippen LogP contribution in [0.25, 0.3) is 0 Å². The van der Waals surface area contributed by atoms with E-state index in [0.29, 0.717) is 26.6 Å². The van der Waals surface area contributed by atoms with E-state index < -0.39 is 0 Å². The number of hydrogen-bond donors (Lipinski definition) is 0. The van der Waals surface area contributed by atoms with E-state index in [1.807, 2.05) is 30.3 Å². The zero-order valence-corrected chi connectivity index (χ0v) is 8.44. The Morgan fingerprint density at radius 3 is 2.43 bits per heavy atom. The summed E-state index contributed by atoms with van der Waals surface area (Å²) in [6.45, 7) is 2.13. The highest BCUT2D eigenvalue weighted by atomic mass is 16.7. The maximum atomic E-state index is 5.39. The molecule has 0 unspecified atom stereocenters. The standard InChI is InChI=1S/C11H16O3/c1-12-10-14-8-7-13-9-11-5-3-2-4-6-11/h2-6H,7-10H2,1H3. The minimum atomic E-state index is 0.328. The zero-order valence-electron chi connectivity index (χ0n) is 8.44. The lowest BCUT2D eigenvalue weighted by atomic mass is 10.2. The second-order valence-corrected chi connectivity index (χ2v) is 2.85. The molecule has 1 rings (SSSR count). The third kappa shape index (κ3) is 4.97. The molecule has 0 N–H and O–H groups in total. The minimum Gasteiger partial charge on any atom is -0.374 e. The third-order valence-corrected chi connectivity index (χ3v) is 1.68. The average Bonchev–Trinajstić information content (AvgIpc) is 2.25. The van der Waals surface area contributed by atoms with Crippen LogP contribution >= 0.6 is 0 Å². The van der Waals surface area contributed by atoms with E-state index in [-0.39, 0.29) is 0 Å². The Morgan fingerprint density at radius 2 is 1.71 bits per heavy atom. The highest BCUT2D eigenvalue weighted by molar-refractivity contribution is 5.13. The molecule has 1 aromatic rings. The summed E-state index contributed by atoms with van der Waals surface area (Å²) in [7, 11) is 1.60. The first-order valence-corrected chi connectivity index (χ1v) is 4.62.